The fourth-order valence-corrected chi connectivity index (χ4v) is 1.41. The van der Waals surface area contributed by atoms with E-state index >= 15 is 0 Å². The highest BCUT2D eigenvalue weighted by Crippen LogP contribution is 2.08. The van der Waals surface area contributed by atoms with Gasteiger partial charge in [0.05, 0.1) is 18.9 Å². The number of hydrogen-bond donors (Lipinski definition) is 1. The van der Waals surface area contributed by atoms with Crippen LogP contribution in [0.3, 0.4) is 0 Å². The number of aryl methyl sites for hydroxylation is 1. The number of carboxylic acid groups (broad SMARTS) is 1. The number of ether oxygens (including phenoxy) is 1. The molecule has 0 spiro atoms. The average molecular weight is 262 g/mol. The minimum atomic E-state index is -1.09. The third kappa shape index (κ3) is 2.57. The Kier molecular flexibility index (Phi) is 3.23. The van der Waals surface area contributed by atoms with Crippen LogP contribution in [0.2, 0.25) is 0 Å². The van der Waals surface area contributed by atoms with Crippen LogP contribution < -0.4 is 0 Å². The van der Waals surface area contributed by atoms with E-state index in [1.807, 2.05) is 0 Å². The lowest BCUT2D eigenvalue weighted by Gasteiger charge is -2.04. The van der Waals surface area contributed by atoms with E-state index in [0.29, 0.717) is 11.5 Å². The topological polar surface area (TPSA) is 107 Å². The van der Waals surface area contributed by atoms with Crippen molar-refractivity contribution in [2.24, 2.45) is 0 Å². The summed E-state index contributed by atoms with van der Waals surface area (Å²) < 4.78 is 5.79. The Morgan fingerprint density at radius 1 is 1.37 bits per heavy atom. The monoisotopic (exact) mass is 262 g/mol. The molecule has 8 heteroatoms. The molecule has 8 nitrogen and oxygen atoms in total. The van der Waals surface area contributed by atoms with E-state index in [4.69, 9.17) is 5.11 Å². The van der Waals surface area contributed by atoms with Gasteiger partial charge in [-0.3, -0.25) is 0 Å². The van der Waals surface area contributed by atoms with E-state index in [1.54, 1.807) is 13.0 Å². The summed E-state index contributed by atoms with van der Waals surface area (Å²) in [5.74, 6) is -1.58. The van der Waals surface area contributed by atoms with Crippen LogP contribution in [-0.2, 0) is 4.74 Å². The van der Waals surface area contributed by atoms with Gasteiger partial charge in [0.15, 0.2) is 5.82 Å². The number of methoxy groups -OCH3 is 1. The summed E-state index contributed by atoms with van der Waals surface area (Å²) in [6.07, 6.45) is 2.49. The van der Waals surface area contributed by atoms with Crippen LogP contribution in [0.25, 0.3) is 5.82 Å². The van der Waals surface area contributed by atoms with E-state index in [9.17, 15) is 9.59 Å². The fourth-order valence-electron chi connectivity index (χ4n) is 1.41. The Morgan fingerprint density at radius 3 is 2.68 bits per heavy atom. The molecule has 0 aliphatic heterocycles. The van der Waals surface area contributed by atoms with Gasteiger partial charge in [-0.2, -0.15) is 5.10 Å². The van der Waals surface area contributed by atoms with Crippen LogP contribution in [0.1, 0.15) is 26.7 Å². The van der Waals surface area contributed by atoms with Crippen molar-refractivity contribution < 1.29 is 19.4 Å². The van der Waals surface area contributed by atoms with E-state index in [-0.39, 0.29) is 11.4 Å². The maximum absolute atomic E-state index is 11.4. The second kappa shape index (κ2) is 4.84. The summed E-state index contributed by atoms with van der Waals surface area (Å²) in [6, 6.07) is 1.57. The van der Waals surface area contributed by atoms with Gasteiger partial charge in [0.1, 0.15) is 0 Å². The van der Waals surface area contributed by atoms with E-state index in [0.717, 1.165) is 0 Å². The third-order valence-electron chi connectivity index (χ3n) is 2.27. The SMILES string of the molecule is COC(=O)c1nc(C)cc(-n2cc(C(=O)O)cn2)n1. The minimum absolute atomic E-state index is 0.0240. The van der Waals surface area contributed by atoms with Crippen LogP contribution in [0.5, 0.6) is 0 Å². The van der Waals surface area contributed by atoms with Crippen LogP contribution >= 0.6 is 0 Å². The molecule has 0 fully saturated rings. The highest BCUT2D eigenvalue weighted by molar-refractivity contribution is 5.87. The van der Waals surface area contributed by atoms with Crippen molar-refractivity contribution in [1.29, 1.82) is 0 Å². The maximum atomic E-state index is 11.4. The van der Waals surface area contributed by atoms with E-state index < -0.39 is 11.9 Å². The van der Waals surface area contributed by atoms with Crippen molar-refractivity contribution in [3.63, 3.8) is 0 Å². The molecule has 0 radical (unpaired) electrons. The Labute approximate surface area is 107 Å². The first kappa shape index (κ1) is 12.7. The Bertz CT molecular complexity index is 650. The summed E-state index contributed by atoms with van der Waals surface area (Å²) in [5.41, 5.74) is 0.564. The predicted octanol–water partition coefficient (Wildman–Crippen LogP) is 0.456. The van der Waals surface area contributed by atoms with Crippen molar-refractivity contribution >= 4 is 11.9 Å². The maximum Gasteiger partial charge on any atom is 0.376 e. The molecule has 98 valence electrons. The number of aromatic carboxylic acids is 1. The molecule has 0 atom stereocenters. The van der Waals surface area contributed by atoms with Gasteiger partial charge in [-0.05, 0) is 6.92 Å². The van der Waals surface area contributed by atoms with E-state index in [2.05, 4.69) is 19.8 Å². The number of aromatic nitrogens is 4. The number of hydrogen-bond acceptors (Lipinski definition) is 6. The second-order valence-electron chi connectivity index (χ2n) is 3.66. The summed E-state index contributed by atoms with van der Waals surface area (Å²) in [6.45, 7) is 1.68. The number of carbonyl (C=O) groups excluding carboxylic acids is 1. The molecular weight excluding hydrogens is 252 g/mol. The largest absolute Gasteiger partial charge is 0.478 e. The third-order valence-corrected chi connectivity index (χ3v) is 2.27. The molecule has 0 aliphatic carbocycles. The lowest BCUT2D eigenvalue weighted by atomic mass is 10.4. The Hall–Kier alpha value is -2.77. The first-order valence-corrected chi connectivity index (χ1v) is 5.23. The van der Waals surface area contributed by atoms with E-state index in [1.165, 1.54) is 24.2 Å². The second-order valence-corrected chi connectivity index (χ2v) is 3.66. The van der Waals surface area contributed by atoms with Crippen molar-refractivity contribution in [1.82, 2.24) is 19.7 Å². The summed E-state index contributed by atoms with van der Waals surface area (Å²) in [7, 11) is 1.23. The molecule has 0 bridgehead atoms. The van der Waals surface area contributed by atoms with Crippen LogP contribution in [-0.4, -0.2) is 43.9 Å². The number of nitrogens with zero attached hydrogens (tertiary/aromatic N) is 4. The normalized spacial score (nSPS) is 10.2. The van der Waals surface area contributed by atoms with Gasteiger partial charge in [0, 0.05) is 18.0 Å². The molecule has 19 heavy (non-hydrogen) atoms. The van der Waals surface area contributed by atoms with Crippen LogP contribution in [0.4, 0.5) is 0 Å². The van der Waals surface area contributed by atoms with Gasteiger partial charge in [0.2, 0.25) is 5.82 Å². The molecular formula is C11H10N4O4. The lowest BCUT2D eigenvalue weighted by Crippen LogP contribution is -2.11. The van der Waals surface area contributed by atoms with Gasteiger partial charge in [-0.15, -0.1) is 0 Å². The first-order chi connectivity index (χ1) is 9.01. The standard InChI is InChI=1S/C11H10N4O4/c1-6-3-8(14-9(13-6)11(18)19-2)15-5-7(4-12-15)10(16)17/h3-5H,1-2H3,(H,16,17). The molecule has 2 aromatic heterocycles. The van der Waals surface area contributed by atoms with Crippen molar-refractivity contribution in [2.45, 2.75) is 6.92 Å². The summed E-state index contributed by atoms with van der Waals surface area (Å²) in [4.78, 5) is 30.1. The van der Waals surface area contributed by atoms with Gasteiger partial charge in [-0.1, -0.05) is 0 Å². The number of carbonyl (C=O) groups is 2. The zero-order valence-corrected chi connectivity index (χ0v) is 10.2. The smallest absolute Gasteiger partial charge is 0.376 e. The molecule has 2 rings (SSSR count). The Balaban J connectivity index is 2.46. The van der Waals surface area contributed by atoms with Crippen LogP contribution in [0, 0.1) is 6.92 Å². The van der Waals surface area contributed by atoms with Gasteiger partial charge in [-0.25, -0.2) is 24.2 Å². The van der Waals surface area contributed by atoms with Gasteiger partial charge < -0.3 is 9.84 Å². The van der Waals surface area contributed by atoms with Crippen LogP contribution in [0.15, 0.2) is 18.5 Å². The molecule has 0 amide bonds. The highest BCUT2D eigenvalue weighted by atomic mass is 16.5. The number of rotatable bonds is 3. The highest BCUT2D eigenvalue weighted by Gasteiger charge is 2.14. The van der Waals surface area contributed by atoms with Crippen molar-refractivity contribution in [3.05, 3.63) is 35.5 Å². The average Bonchev–Trinajstić information content (AvgIpc) is 2.86. The summed E-state index contributed by atoms with van der Waals surface area (Å²) in [5, 5.41) is 12.7. The quantitative estimate of drug-likeness (QED) is 0.800. The fraction of sp³-hybridized carbons (Fsp3) is 0.182. The van der Waals surface area contributed by atoms with Gasteiger partial charge >= 0.3 is 11.9 Å². The summed E-state index contributed by atoms with van der Waals surface area (Å²) >= 11 is 0. The first-order valence-electron chi connectivity index (χ1n) is 5.23. The van der Waals surface area contributed by atoms with Gasteiger partial charge in [0.25, 0.3) is 0 Å². The molecule has 2 aromatic rings. The number of carboxylic acids is 1. The number of esters is 1. The van der Waals surface area contributed by atoms with Crippen molar-refractivity contribution in [2.75, 3.05) is 7.11 Å². The lowest BCUT2D eigenvalue weighted by molar-refractivity contribution is 0.0585. The zero-order chi connectivity index (χ0) is 14.0. The zero-order valence-electron chi connectivity index (χ0n) is 10.2. The molecule has 0 saturated carbocycles. The van der Waals surface area contributed by atoms with Crippen molar-refractivity contribution in [3.8, 4) is 5.82 Å². The minimum Gasteiger partial charge on any atom is -0.478 e. The molecule has 0 aliphatic rings. The molecule has 0 saturated heterocycles. The molecule has 2 heterocycles. The molecule has 1 N–H and O–H groups in total. The Morgan fingerprint density at radius 2 is 2.11 bits per heavy atom. The molecule has 0 unspecified atom stereocenters. The molecule has 0 aromatic carbocycles. The predicted molar refractivity (Wildman–Crippen MR) is 62.2 cm³/mol.